The second-order valence-corrected chi connectivity index (χ2v) is 7.22. The quantitative estimate of drug-likeness (QED) is 0.528. The van der Waals surface area contributed by atoms with Crippen LogP contribution in [0.4, 0.5) is 6.01 Å². The third-order valence-corrected chi connectivity index (χ3v) is 5.36. The van der Waals surface area contributed by atoms with Gasteiger partial charge in [-0.2, -0.15) is 4.98 Å². The largest absolute Gasteiger partial charge is 0.493 e. The van der Waals surface area contributed by atoms with E-state index in [1.807, 2.05) is 43.3 Å². The number of ether oxygens (including phenoxy) is 1. The maximum Gasteiger partial charge on any atom is 0.298 e. The number of nitrogens with zero attached hydrogens (tertiary/aromatic N) is 2. The molecule has 1 aliphatic rings. The van der Waals surface area contributed by atoms with E-state index in [0.717, 1.165) is 40.9 Å². The molecule has 146 valence electrons. The minimum Gasteiger partial charge on any atom is -0.493 e. The Hall–Kier alpha value is -3.31. The minimum atomic E-state index is -0.0421. The van der Waals surface area contributed by atoms with Crippen molar-refractivity contribution in [2.24, 2.45) is 0 Å². The molecular formula is C24H22N2O3. The van der Waals surface area contributed by atoms with Gasteiger partial charge in [-0.15, -0.1) is 0 Å². The average molecular weight is 386 g/mol. The fourth-order valence-electron chi connectivity index (χ4n) is 3.85. The number of anilines is 1. The molecule has 1 aliphatic heterocycles. The summed E-state index contributed by atoms with van der Waals surface area (Å²) in [6.07, 6.45) is 0. The predicted molar refractivity (Wildman–Crippen MR) is 113 cm³/mol. The molecule has 0 bridgehead atoms. The number of rotatable bonds is 5. The highest BCUT2D eigenvalue weighted by atomic mass is 16.5. The molecular weight excluding hydrogens is 364 g/mol. The maximum atomic E-state index is 9.51. The van der Waals surface area contributed by atoms with E-state index in [9.17, 15) is 5.11 Å². The Balaban J connectivity index is 1.47. The van der Waals surface area contributed by atoms with Crippen LogP contribution in [0.25, 0.3) is 22.2 Å². The molecule has 0 amide bonds. The molecule has 5 nitrogen and oxygen atoms in total. The van der Waals surface area contributed by atoms with Crippen molar-refractivity contribution in [3.63, 3.8) is 0 Å². The summed E-state index contributed by atoms with van der Waals surface area (Å²) in [5.41, 5.74) is 7.09. The predicted octanol–water partition coefficient (Wildman–Crippen LogP) is 4.91. The molecule has 0 spiro atoms. The van der Waals surface area contributed by atoms with E-state index < -0.39 is 0 Å². The topological polar surface area (TPSA) is 58.7 Å². The zero-order valence-corrected chi connectivity index (χ0v) is 16.3. The van der Waals surface area contributed by atoms with E-state index in [4.69, 9.17) is 14.1 Å². The molecule has 0 saturated heterocycles. The lowest BCUT2D eigenvalue weighted by Gasteiger charge is -2.11. The number of aromatic nitrogens is 1. The van der Waals surface area contributed by atoms with Crippen LogP contribution in [0.15, 0.2) is 65.1 Å². The Kier molecular flexibility index (Phi) is 4.45. The second-order valence-electron chi connectivity index (χ2n) is 7.22. The summed E-state index contributed by atoms with van der Waals surface area (Å²) in [5.74, 6) is 0.711. The maximum absolute atomic E-state index is 9.51. The minimum absolute atomic E-state index is 0.0421. The van der Waals surface area contributed by atoms with Gasteiger partial charge in [-0.1, -0.05) is 42.5 Å². The molecule has 2 heterocycles. The molecule has 1 N–H and O–H groups in total. The fraction of sp³-hybridized carbons (Fsp3) is 0.208. The molecule has 0 unspecified atom stereocenters. The van der Waals surface area contributed by atoms with Gasteiger partial charge in [0.15, 0.2) is 5.58 Å². The van der Waals surface area contributed by atoms with Crippen molar-refractivity contribution in [2.75, 3.05) is 11.5 Å². The molecule has 1 aromatic heterocycles. The Morgan fingerprint density at radius 2 is 1.72 bits per heavy atom. The van der Waals surface area contributed by atoms with Crippen molar-refractivity contribution in [3.8, 4) is 16.9 Å². The monoisotopic (exact) mass is 386 g/mol. The van der Waals surface area contributed by atoms with Crippen LogP contribution in [0.1, 0.15) is 23.6 Å². The van der Waals surface area contributed by atoms with Gasteiger partial charge in [-0.25, -0.2) is 0 Å². The van der Waals surface area contributed by atoms with Crippen molar-refractivity contribution in [2.45, 2.75) is 26.6 Å². The lowest BCUT2D eigenvalue weighted by atomic mass is 10.0. The highest BCUT2D eigenvalue weighted by Crippen LogP contribution is 2.33. The van der Waals surface area contributed by atoms with Gasteiger partial charge in [0.05, 0.1) is 13.2 Å². The summed E-state index contributed by atoms with van der Waals surface area (Å²) in [4.78, 5) is 6.90. The van der Waals surface area contributed by atoms with Gasteiger partial charge < -0.3 is 19.2 Å². The van der Waals surface area contributed by atoms with Crippen LogP contribution in [-0.4, -0.2) is 16.7 Å². The summed E-state index contributed by atoms with van der Waals surface area (Å²) in [7, 11) is 0. The van der Waals surface area contributed by atoms with E-state index >= 15 is 0 Å². The van der Waals surface area contributed by atoms with Crippen LogP contribution in [0, 0.1) is 0 Å². The van der Waals surface area contributed by atoms with Gasteiger partial charge in [0.2, 0.25) is 0 Å². The highest BCUT2D eigenvalue weighted by molar-refractivity contribution is 5.82. The number of benzene rings is 3. The van der Waals surface area contributed by atoms with Gasteiger partial charge >= 0.3 is 0 Å². The van der Waals surface area contributed by atoms with Crippen molar-refractivity contribution < 1.29 is 14.3 Å². The van der Waals surface area contributed by atoms with Gasteiger partial charge in [0.1, 0.15) is 11.3 Å². The molecule has 5 heteroatoms. The van der Waals surface area contributed by atoms with Crippen molar-refractivity contribution in [1.29, 1.82) is 0 Å². The van der Waals surface area contributed by atoms with E-state index in [1.165, 1.54) is 11.1 Å². The molecule has 5 rings (SSSR count). The molecule has 0 saturated carbocycles. The third-order valence-electron chi connectivity index (χ3n) is 5.36. The Morgan fingerprint density at radius 3 is 2.45 bits per heavy atom. The number of oxazole rings is 1. The summed E-state index contributed by atoms with van der Waals surface area (Å²) >= 11 is 0. The van der Waals surface area contributed by atoms with Crippen LogP contribution >= 0.6 is 0 Å². The SMILES string of the molecule is CCOc1cc(-c2ccc3oc(N4Cc5ccccc5C4)nc3c2)ccc1CO. The lowest BCUT2D eigenvalue weighted by molar-refractivity contribution is 0.267. The van der Waals surface area contributed by atoms with Gasteiger partial charge in [-0.05, 0) is 47.4 Å². The summed E-state index contributed by atoms with van der Waals surface area (Å²) in [5, 5.41) is 9.51. The molecule has 4 aromatic rings. The van der Waals surface area contributed by atoms with Gasteiger partial charge in [0.25, 0.3) is 6.01 Å². The first-order chi connectivity index (χ1) is 14.2. The Labute approximate surface area is 169 Å². The van der Waals surface area contributed by atoms with E-state index in [-0.39, 0.29) is 6.61 Å². The zero-order valence-electron chi connectivity index (χ0n) is 16.3. The molecule has 0 radical (unpaired) electrons. The fourth-order valence-corrected chi connectivity index (χ4v) is 3.85. The first-order valence-corrected chi connectivity index (χ1v) is 9.84. The van der Waals surface area contributed by atoms with Crippen LogP contribution in [0.2, 0.25) is 0 Å². The van der Waals surface area contributed by atoms with Crippen molar-refractivity contribution in [3.05, 3.63) is 77.4 Å². The third kappa shape index (κ3) is 3.23. The van der Waals surface area contributed by atoms with E-state index in [0.29, 0.717) is 18.4 Å². The zero-order chi connectivity index (χ0) is 19.8. The summed E-state index contributed by atoms with van der Waals surface area (Å²) in [6.45, 7) is 4.08. The van der Waals surface area contributed by atoms with Crippen molar-refractivity contribution in [1.82, 2.24) is 4.98 Å². The number of aliphatic hydroxyl groups is 1. The number of aliphatic hydroxyl groups excluding tert-OH is 1. The smallest absolute Gasteiger partial charge is 0.298 e. The average Bonchev–Trinajstić information content (AvgIpc) is 3.37. The number of hydrogen-bond acceptors (Lipinski definition) is 5. The number of fused-ring (bicyclic) bond motifs is 2. The van der Waals surface area contributed by atoms with Crippen LogP contribution in [0.3, 0.4) is 0 Å². The first kappa shape index (κ1) is 17.8. The Morgan fingerprint density at radius 1 is 1.00 bits per heavy atom. The van der Waals surface area contributed by atoms with Crippen LogP contribution in [0.5, 0.6) is 5.75 Å². The molecule has 29 heavy (non-hydrogen) atoms. The van der Waals surface area contributed by atoms with Crippen molar-refractivity contribution >= 4 is 17.1 Å². The number of hydrogen-bond donors (Lipinski definition) is 1. The van der Waals surface area contributed by atoms with Crippen LogP contribution in [-0.2, 0) is 19.7 Å². The molecule has 0 atom stereocenters. The first-order valence-electron chi connectivity index (χ1n) is 9.84. The van der Waals surface area contributed by atoms with Gasteiger partial charge in [0, 0.05) is 18.7 Å². The summed E-state index contributed by atoms with van der Waals surface area (Å²) < 4.78 is 11.7. The summed E-state index contributed by atoms with van der Waals surface area (Å²) in [6, 6.07) is 21.0. The van der Waals surface area contributed by atoms with E-state index in [1.54, 1.807) is 0 Å². The second kappa shape index (κ2) is 7.26. The standard InChI is InChI=1S/C24H22N2O3/c1-2-28-23-12-17(7-8-20(23)15-27)16-9-10-22-21(11-16)25-24(29-22)26-13-18-5-3-4-6-19(18)14-26/h3-12,27H,2,13-15H2,1H3. The van der Waals surface area contributed by atoms with E-state index in [2.05, 4.69) is 29.2 Å². The normalized spacial score (nSPS) is 13.1. The highest BCUT2D eigenvalue weighted by Gasteiger charge is 2.22. The lowest BCUT2D eigenvalue weighted by Crippen LogP contribution is -2.14. The Bertz CT molecular complexity index is 1160. The molecule has 0 fully saturated rings. The van der Waals surface area contributed by atoms with Gasteiger partial charge in [-0.3, -0.25) is 0 Å². The van der Waals surface area contributed by atoms with Crippen LogP contribution < -0.4 is 9.64 Å². The molecule has 3 aromatic carbocycles. The molecule has 0 aliphatic carbocycles.